The van der Waals surface area contributed by atoms with Crippen molar-refractivity contribution in [3.05, 3.63) is 36.4 Å². The van der Waals surface area contributed by atoms with Crippen LogP contribution in [-0.4, -0.2) is 30.4 Å². The predicted molar refractivity (Wildman–Crippen MR) is 73.3 cm³/mol. The van der Waals surface area contributed by atoms with Crippen molar-refractivity contribution in [3.8, 4) is 5.75 Å². The molecule has 2 amide bonds. The molecule has 1 aliphatic carbocycles. The van der Waals surface area contributed by atoms with Crippen molar-refractivity contribution < 1.29 is 23.4 Å². The minimum Gasteiger partial charge on any atom is -0.435 e. The summed E-state index contributed by atoms with van der Waals surface area (Å²) in [7, 11) is 0. The molecule has 0 aliphatic heterocycles. The summed E-state index contributed by atoms with van der Waals surface area (Å²) in [6, 6.07) is 5.11. The molecule has 0 heterocycles. The van der Waals surface area contributed by atoms with E-state index in [0.717, 1.165) is 0 Å². The minimum absolute atomic E-state index is 0.0282. The lowest BCUT2D eigenvalue weighted by atomic mass is 10.1. The average molecular weight is 298 g/mol. The number of urea groups is 1. The summed E-state index contributed by atoms with van der Waals surface area (Å²) >= 11 is 0. The Balaban J connectivity index is 1.81. The maximum absolute atomic E-state index is 12.0. The number of ether oxygens (including phenoxy) is 1. The minimum atomic E-state index is -2.87. The number of rotatable bonds is 5. The van der Waals surface area contributed by atoms with E-state index in [1.165, 1.54) is 24.3 Å². The number of benzene rings is 1. The fourth-order valence-electron chi connectivity index (χ4n) is 2.07. The van der Waals surface area contributed by atoms with Gasteiger partial charge in [-0.3, -0.25) is 0 Å². The Morgan fingerprint density at radius 1 is 1.33 bits per heavy atom. The van der Waals surface area contributed by atoms with Crippen molar-refractivity contribution in [2.75, 3.05) is 11.9 Å². The lowest BCUT2D eigenvalue weighted by Crippen LogP contribution is -2.36. The van der Waals surface area contributed by atoms with E-state index in [1.807, 2.05) is 12.2 Å². The van der Waals surface area contributed by atoms with E-state index in [2.05, 4.69) is 15.4 Å². The zero-order chi connectivity index (χ0) is 15.2. The number of amides is 2. The molecule has 0 saturated heterocycles. The Labute approximate surface area is 120 Å². The molecule has 3 N–H and O–H groups in total. The van der Waals surface area contributed by atoms with Gasteiger partial charge in [0.1, 0.15) is 5.75 Å². The SMILES string of the molecule is O=C(Nc1ccc(OC(F)F)cc1)N[C@@H]1C=C[C@H](CO)C1. The number of anilines is 1. The molecule has 5 nitrogen and oxygen atoms in total. The fraction of sp³-hybridized carbons (Fsp3) is 0.357. The highest BCUT2D eigenvalue weighted by atomic mass is 19.3. The van der Waals surface area contributed by atoms with Gasteiger partial charge < -0.3 is 20.5 Å². The Morgan fingerprint density at radius 2 is 2.05 bits per heavy atom. The summed E-state index contributed by atoms with van der Waals surface area (Å²) in [4.78, 5) is 11.8. The van der Waals surface area contributed by atoms with Crippen molar-refractivity contribution in [3.63, 3.8) is 0 Å². The van der Waals surface area contributed by atoms with E-state index in [4.69, 9.17) is 5.11 Å². The van der Waals surface area contributed by atoms with Crippen LogP contribution < -0.4 is 15.4 Å². The second kappa shape index (κ2) is 7.03. The molecule has 7 heteroatoms. The normalized spacial score (nSPS) is 20.6. The van der Waals surface area contributed by atoms with E-state index in [0.29, 0.717) is 12.1 Å². The van der Waals surface area contributed by atoms with Crippen molar-refractivity contribution in [2.24, 2.45) is 5.92 Å². The molecule has 0 spiro atoms. The summed E-state index contributed by atoms with van der Waals surface area (Å²) in [6.07, 6.45) is 4.35. The number of carbonyl (C=O) groups excluding carboxylic acids is 1. The molecule has 0 unspecified atom stereocenters. The zero-order valence-electron chi connectivity index (χ0n) is 11.1. The maximum Gasteiger partial charge on any atom is 0.387 e. The summed E-state index contributed by atoms with van der Waals surface area (Å²) in [5.74, 6) is 0.0987. The number of halogens is 2. The van der Waals surface area contributed by atoms with Crippen LogP contribution in [0.25, 0.3) is 0 Å². The molecule has 0 radical (unpaired) electrons. The van der Waals surface area contributed by atoms with Gasteiger partial charge in [-0.1, -0.05) is 12.2 Å². The average Bonchev–Trinajstić information content (AvgIpc) is 2.88. The van der Waals surface area contributed by atoms with Crippen molar-refractivity contribution in [1.82, 2.24) is 5.32 Å². The Hall–Kier alpha value is -2.15. The third-order valence-corrected chi connectivity index (χ3v) is 3.06. The molecule has 1 aliphatic rings. The largest absolute Gasteiger partial charge is 0.435 e. The first-order chi connectivity index (χ1) is 10.1. The van der Waals surface area contributed by atoms with Crippen LogP contribution in [0, 0.1) is 5.92 Å². The number of hydrogen-bond acceptors (Lipinski definition) is 3. The number of alkyl halides is 2. The first-order valence-corrected chi connectivity index (χ1v) is 6.48. The van der Waals surface area contributed by atoms with Crippen LogP contribution in [-0.2, 0) is 0 Å². The standard InChI is InChI=1S/C14H16F2N2O3/c15-13(16)21-12-5-3-10(4-6-12)17-14(20)18-11-2-1-9(7-11)8-19/h1-6,9,11,13,19H,7-8H2,(H2,17,18,20)/t9-,11+/m0/s1. The Kier molecular flexibility index (Phi) is 5.10. The first-order valence-electron chi connectivity index (χ1n) is 6.48. The smallest absolute Gasteiger partial charge is 0.387 e. The van der Waals surface area contributed by atoms with Crippen LogP contribution >= 0.6 is 0 Å². The van der Waals surface area contributed by atoms with Crippen molar-refractivity contribution in [2.45, 2.75) is 19.1 Å². The van der Waals surface area contributed by atoms with Crippen LogP contribution in [0.3, 0.4) is 0 Å². The molecule has 2 atom stereocenters. The Bertz CT molecular complexity index is 505. The first kappa shape index (κ1) is 15.2. The van der Waals surface area contributed by atoms with E-state index in [-0.39, 0.29) is 24.3 Å². The molecule has 0 aromatic heterocycles. The molecule has 0 fully saturated rings. The number of carbonyl (C=O) groups is 1. The Morgan fingerprint density at radius 3 is 2.62 bits per heavy atom. The van der Waals surface area contributed by atoms with E-state index >= 15 is 0 Å². The van der Waals surface area contributed by atoms with Gasteiger partial charge >= 0.3 is 12.6 Å². The van der Waals surface area contributed by atoms with Crippen LogP contribution in [0.1, 0.15) is 6.42 Å². The van der Waals surface area contributed by atoms with Gasteiger partial charge in [0.15, 0.2) is 0 Å². The lowest BCUT2D eigenvalue weighted by molar-refractivity contribution is -0.0498. The van der Waals surface area contributed by atoms with Gasteiger partial charge in [-0.05, 0) is 30.7 Å². The predicted octanol–water partition coefficient (Wildman–Crippen LogP) is 2.35. The summed E-state index contributed by atoms with van der Waals surface area (Å²) in [5, 5.41) is 14.3. The van der Waals surface area contributed by atoms with Crippen LogP contribution in [0.2, 0.25) is 0 Å². The zero-order valence-corrected chi connectivity index (χ0v) is 11.1. The number of hydrogen-bond donors (Lipinski definition) is 3. The molecular weight excluding hydrogens is 282 g/mol. The van der Waals surface area contributed by atoms with E-state index in [1.54, 1.807) is 0 Å². The van der Waals surface area contributed by atoms with Gasteiger partial charge in [-0.25, -0.2) is 4.79 Å². The van der Waals surface area contributed by atoms with Crippen LogP contribution in [0.4, 0.5) is 19.3 Å². The fourth-order valence-corrected chi connectivity index (χ4v) is 2.07. The van der Waals surface area contributed by atoms with Crippen LogP contribution in [0.5, 0.6) is 5.75 Å². The van der Waals surface area contributed by atoms with E-state index in [9.17, 15) is 13.6 Å². The monoisotopic (exact) mass is 298 g/mol. The topological polar surface area (TPSA) is 70.6 Å². The van der Waals surface area contributed by atoms with Gasteiger partial charge in [-0.15, -0.1) is 0 Å². The third-order valence-electron chi connectivity index (χ3n) is 3.06. The van der Waals surface area contributed by atoms with E-state index < -0.39 is 12.6 Å². The van der Waals surface area contributed by atoms with Gasteiger partial charge in [0.05, 0.1) is 0 Å². The van der Waals surface area contributed by atoms with Gasteiger partial charge in [0.2, 0.25) is 0 Å². The van der Waals surface area contributed by atoms with Gasteiger partial charge in [0, 0.05) is 24.3 Å². The summed E-state index contributed by atoms with van der Waals surface area (Å²) in [5.41, 5.74) is 0.467. The molecule has 0 saturated carbocycles. The molecule has 1 aromatic rings. The highest BCUT2D eigenvalue weighted by Crippen LogP contribution is 2.19. The summed E-state index contributed by atoms with van der Waals surface area (Å²) in [6.45, 7) is -2.82. The van der Waals surface area contributed by atoms with Crippen molar-refractivity contribution >= 4 is 11.7 Å². The number of aliphatic hydroxyl groups is 1. The van der Waals surface area contributed by atoms with Gasteiger partial charge in [-0.2, -0.15) is 8.78 Å². The molecule has 21 heavy (non-hydrogen) atoms. The molecular formula is C14H16F2N2O3. The highest BCUT2D eigenvalue weighted by Gasteiger charge is 2.19. The van der Waals surface area contributed by atoms with Gasteiger partial charge in [0.25, 0.3) is 0 Å². The highest BCUT2D eigenvalue weighted by molar-refractivity contribution is 5.89. The lowest BCUT2D eigenvalue weighted by Gasteiger charge is -2.14. The second-order valence-electron chi connectivity index (χ2n) is 4.67. The maximum atomic E-state index is 12.0. The number of nitrogens with one attached hydrogen (secondary N) is 2. The summed E-state index contributed by atoms with van der Waals surface area (Å²) < 4.78 is 28.2. The quantitative estimate of drug-likeness (QED) is 0.731. The molecule has 2 rings (SSSR count). The number of aliphatic hydroxyl groups excluding tert-OH is 1. The molecule has 1 aromatic carbocycles. The molecule has 0 bridgehead atoms. The molecule has 114 valence electrons. The van der Waals surface area contributed by atoms with Crippen molar-refractivity contribution in [1.29, 1.82) is 0 Å². The third kappa shape index (κ3) is 4.71. The van der Waals surface area contributed by atoms with Crippen LogP contribution in [0.15, 0.2) is 36.4 Å². The second-order valence-corrected chi connectivity index (χ2v) is 4.67.